The molecular formula is C30H34F3N5O6. The average Bonchev–Trinajstić information content (AvgIpc) is 3.41. The van der Waals surface area contributed by atoms with Crippen LogP contribution in [0.15, 0.2) is 42.5 Å². The number of rotatable bonds is 11. The normalized spacial score (nSPS) is 13.1. The SMILES string of the molecule is COCCN(CCOC)C(=O)c1cc(OC)ccc1-n1nc(C(F)(F)F)c2c1C(=O)N(c1ccc(C(=O)N(C)C)cc1)CC2. The lowest BCUT2D eigenvalue weighted by Gasteiger charge is -2.28. The summed E-state index contributed by atoms with van der Waals surface area (Å²) in [5.41, 5.74) is -1.02. The molecule has 0 bridgehead atoms. The third-order valence-electron chi connectivity index (χ3n) is 7.20. The van der Waals surface area contributed by atoms with Crippen molar-refractivity contribution in [2.75, 3.05) is 73.2 Å². The van der Waals surface area contributed by atoms with Gasteiger partial charge in [0.1, 0.15) is 11.4 Å². The van der Waals surface area contributed by atoms with E-state index >= 15 is 0 Å². The number of carbonyl (C=O) groups excluding carboxylic acids is 3. The third kappa shape index (κ3) is 6.55. The highest BCUT2D eigenvalue weighted by Crippen LogP contribution is 2.38. The van der Waals surface area contributed by atoms with E-state index in [1.54, 1.807) is 38.4 Å². The zero-order valence-corrected chi connectivity index (χ0v) is 25.1. The van der Waals surface area contributed by atoms with Crippen molar-refractivity contribution >= 4 is 23.4 Å². The van der Waals surface area contributed by atoms with E-state index in [9.17, 15) is 27.6 Å². The van der Waals surface area contributed by atoms with E-state index in [1.807, 2.05) is 0 Å². The highest BCUT2D eigenvalue weighted by molar-refractivity contribution is 6.08. The van der Waals surface area contributed by atoms with Crippen LogP contribution in [0.4, 0.5) is 18.9 Å². The van der Waals surface area contributed by atoms with Crippen molar-refractivity contribution < 1.29 is 41.8 Å². The largest absolute Gasteiger partial charge is 0.497 e. The number of hydrogen-bond donors (Lipinski definition) is 0. The lowest BCUT2D eigenvalue weighted by atomic mass is 10.0. The molecule has 14 heteroatoms. The first-order valence-electron chi connectivity index (χ1n) is 13.7. The molecule has 0 saturated carbocycles. The molecule has 1 aliphatic heterocycles. The van der Waals surface area contributed by atoms with Crippen LogP contribution < -0.4 is 9.64 Å². The zero-order chi connectivity index (χ0) is 32.2. The Labute approximate surface area is 252 Å². The number of nitrogens with zero attached hydrogens (tertiary/aromatic N) is 5. The van der Waals surface area contributed by atoms with Crippen LogP contribution in [-0.4, -0.2) is 106 Å². The summed E-state index contributed by atoms with van der Waals surface area (Å²) < 4.78 is 59.3. The Bertz CT molecular complexity index is 1510. The minimum Gasteiger partial charge on any atom is -0.497 e. The predicted molar refractivity (Wildman–Crippen MR) is 155 cm³/mol. The number of halogens is 3. The van der Waals surface area contributed by atoms with Crippen LogP contribution in [-0.2, 0) is 22.1 Å². The number of carbonyl (C=O) groups is 3. The van der Waals surface area contributed by atoms with Crippen LogP contribution in [0.2, 0.25) is 0 Å². The molecule has 0 fully saturated rings. The minimum atomic E-state index is -4.86. The van der Waals surface area contributed by atoms with Crippen LogP contribution in [0, 0.1) is 0 Å². The van der Waals surface area contributed by atoms with Gasteiger partial charge in [0.15, 0.2) is 5.69 Å². The molecule has 11 nitrogen and oxygen atoms in total. The van der Waals surface area contributed by atoms with Crippen molar-refractivity contribution in [3.05, 3.63) is 70.5 Å². The van der Waals surface area contributed by atoms with Crippen molar-refractivity contribution in [1.82, 2.24) is 19.6 Å². The van der Waals surface area contributed by atoms with Crippen molar-refractivity contribution in [3.8, 4) is 11.4 Å². The van der Waals surface area contributed by atoms with Gasteiger partial charge in [0.25, 0.3) is 17.7 Å². The van der Waals surface area contributed by atoms with E-state index in [4.69, 9.17) is 14.2 Å². The van der Waals surface area contributed by atoms with Crippen LogP contribution in [0.1, 0.15) is 42.5 Å². The fourth-order valence-electron chi connectivity index (χ4n) is 4.94. The lowest BCUT2D eigenvalue weighted by Crippen LogP contribution is -2.39. The monoisotopic (exact) mass is 617 g/mol. The Morgan fingerprint density at radius 3 is 2.14 bits per heavy atom. The Kier molecular flexibility index (Phi) is 9.95. The van der Waals surface area contributed by atoms with Gasteiger partial charge in [0.2, 0.25) is 0 Å². The molecule has 0 radical (unpaired) electrons. The molecule has 0 N–H and O–H groups in total. The first kappa shape index (κ1) is 32.5. The maximum absolute atomic E-state index is 14.3. The second kappa shape index (κ2) is 13.5. The highest BCUT2D eigenvalue weighted by Gasteiger charge is 2.44. The van der Waals surface area contributed by atoms with Crippen molar-refractivity contribution in [3.63, 3.8) is 0 Å². The fraction of sp³-hybridized carbons (Fsp3) is 0.400. The van der Waals surface area contributed by atoms with Gasteiger partial charge in [-0.25, -0.2) is 4.68 Å². The molecular weight excluding hydrogens is 583 g/mol. The van der Waals surface area contributed by atoms with Gasteiger partial charge < -0.3 is 28.9 Å². The summed E-state index contributed by atoms with van der Waals surface area (Å²) in [5, 5.41) is 3.88. The summed E-state index contributed by atoms with van der Waals surface area (Å²) in [4.78, 5) is 44.3. The van der Waals surface area contributed by atoms with E-state index in [0.29, 0.717) is 11.3 Å². The van der Waals surface area contributed by atoms with Crippen molar-refractivity contribution in [2.24, 2.45) is 0 Å². The van der Waals surface area contributed by atoms with Gasteiger partial charge in [-0.1, -0.05) is 0 Å². The Morgan fingerprint density at radius 2 is 1.59 bits per heavy atom. The molecule has 0 saturated heterocycles. The molecule has 236 valence electrons. The van der Waals surface area contributed by atoms with Gasteiger partial charge in [0.05, 0.1) is 31.6 Å². The number of aromatic nitrogens is 2. The number of ether oxygens (including phenoxy) is 3. The molecule has 0 atom stereocenters. The molecule has 3 aromatic rings. The second-order valence-corrected chi connectivity index (χ2v) is 10.2. The van der Waals surface area contributed by atoms with E-state index in [1.165, 1.54) is 54.2 Å². The molecule has 3 amide bonds. The quantitative estimate of drug-likeness (QED) is 0.324. The number of hydrogen-bond acceptors (Lipinski definition) is 7. The first-order valence-corrected chi connectivity index (χ1v) is 13.7. The second-order valence-electron chi connectivity index (χ2n) is 10.2. The molecule has 0 aliphatic carbocycles. The standard InChI is InChI=1S/C30H34F3N5O6/c1-35(2)27(39)19-6-8-20(9-7-19)37-13-12-22-25(29(37)41)38(34-26(22)30(31,32)33)24-11-10-21(44-5)18-23(24)28(40)36(14-16-42-3)15-17-43-4/h6-11,18H,12-17H2,1-5H3. The number of methoxy groups -OCH3 is 3. The topological polar surface area (TPSA) is 106 Å². The maximum Gasteiger partial charge on any atom is 0.435 e. The molecule has 1 aliphatic rings. The van der Waals surface area contributed by atoms with Gasteiger partial charge in [-0.15, -0.1) is 0 Å². The van der Waals surface area contributed by atoms with E-state index in [-0.39, 0.29) is 73.4 Å². The number of fused-ring (bicyclic) bond motifs is 1. The van der Waals surface area contributed by atoms with Crippen LogP contribution in [0.25, 0.3) is 5.69 Å². The molecule has 2 aromatic carbocycles. The van der Waals surface area contributed by atoms with Gasteiger partial charge in [0, 0.05) is 64.8 Å². The number of benzene rings is 2. The predicted octanol–water partition coefficient (Wildman–Crippen LogP) is 3.54. The maximum atomic E-state index is 14.3. The summed E-state index contributed by atoms with van der Waals surface area (Å²) >= 11 is 0. The van der Waals surface area contributed by atoms with E-state index in [2.05, 4.69) is 5.10 Å². The number of alkyl halides is 3. The molecule has 44 heavy (non-hydrogen) atoms. The minimum absolute atomic E-state index is 0.0212. The average molecular weight is 618 g/mol. The summed E-state index contributed by atoms with van der Waals surface area (Å²) in [5.74, 6) is -1.22. The summed E-state index contributed by atoms with van der Waals surface area (Å²) in [6.07, 6.45) is -4.99. The van der Waals surface area contributed by atoms with Gasteiger partial charge in [-0.05, 0) is 48.9 Å². The summed E-state index contributed by atoms with van der Waals surface area (Å²) in [6.45, 7) is 0.726. The number of anilines is 1. The van der Waals surface area contributed by atoms with Crippen molar-refractivity contribution in [1.29, 1.82) is 0 Å². The highest BCUT2D eigenvalue weighted by atomic mass is 19.4. The Balaban J connectivity index is 1.85. The zero-order valence-electron chi connectivity index (χ0n) is 25.1. The summed E-state index contributed by atoms with van der Waals surface area (Å²) in [7, 11) is 7.58. The van der Waals surface area contributed by atoms with Crippen molar-refractivity contribution in [2.45, 2.75) is 12.6 Å². The Morgan fingerprint density at radius 1 is 0.955 bits per heavy atom. The van der Waals surface area contributed by atoms with Crippen LogP contribution in [0.5, 0.6) is 5.75 Å². The van der Waals surface area contributed by atoms with E-state index < -0.39 is 23.7 Å². The molecule has 1 aromatic heterocycles. The van der Waals surface area contributed by atoms with Gasteiger partial charge in [-0.2, -0.15) is 18.3 Å². The van der Waals surface area contributed by atoms with Gasteiger partial charge in [-0.3, -0.25) is 14.4 Å². The number of amides is 3. The first-order chi connectivity index (χ1) is 20.9. The summed E-state index contributed by atoms with van der Waals surface area (Å²) in [6, 6.07) is 10.5. The third-order valence-corrected chi connectivity index (χ3v) is 7.20. The molecule has 2 heterocycles. The van der Waals surface area contributed by atoms with E-state index in [0.717, 1.165) is 4.68 Å². The fourth-order valence-corrected chi connectivity index (χ4v) is 4.94. The molecule has 0 spiro atoms. The molecule has 0 unspecified atom stereocenters. The van der Waals surface area contributed by atoms with Crippen LogP contribution in [0.3, 0.4) is 0 Å². The Hall–Kier alpha value is -4.43. The lowest BCUT2D eigenvalue weighted by molar-refractivity contribution is -0.141. The molecule has 4 rings (SSSR count). The smallest absolute Gasteiger partial charge is 0.435 e. The van der Waals surface area contributed by atoms with Crippen LogP contribution >= 0.6 is 0 Å². The van der Waals surface area contributed by atoms with Gasteiger partial charge >= 0.3 is 6.18 Å².